The average molecular weight is 277 g/mol. The fraction of sp³-hybridized carbons (Fsp3) is 0.176. The van der Waals surface area contributed by atoms with Gasteiger partial charge in [0.2, 0.25) is 0 Å². The van der Waals surface area contributed by atoms with Gasteiger partial charge in [0.15, 0.2) is 5.82 Å². The summed E-state index contributed by atoms with van der Waals surface area (Å²) < 4.78 is 5.44. The molecule has 0 spiro atoms. The number of nitrogen functional groups attached to an aromatic ring is 1. The lowest BCUT2D eigenvalue weighted by atomic mass is 9.95. The molecular weight excluding hydrogens is 262 g/mol. The lowest BCUT2D eigenvalue weighted by Gasteiger charge is -2.10. The lowest BCUT2D eigenvalue weighted by Crippen LogP contribution is -2.10. The minimum atomic E-state index is -0.0930. The molecule has 0 bridgehead atoms. The van der Waals surface area contributed by atoms with E-state index < -0.39 is 0 Å². The fourth-order valence-electron chi connectivity index (χ4n) is 2.68. The minimum Gasteiger partial charge on any atom is -0.399 e. The molecule has 104 valence electrons. The average Bonchev–Trinajstić information content (AvgIpc) is 3.19. The van der Waals surface area contributed by atoms with Crippen LogP contribution in [0.1, 0.15) is 24.2 Å². The van der Waals surface area contributed by atoms with E-state index in [1.165, 1.54) is 5.56 Å². The molecule has 3 aromatic rings. The summed E-state index contributed by atoms with van der Waals surface area (Å²) in [4.78, 5) is 4.60. The topological polar surface area (TPSA) is 64.9 Å². The molecule has 0 atom stereocenters. The van der Waals surface area contributed by atoms with Gasteiger partial charge in [-0.2, -0.15) is 4.98 Å². The van der Waals surface area contributed by atoms with Crippen LogP contribution in [0, 0.1) is 0 Å². The Labute approximate surface area is 122 Å². The first kappa shape index (κ1) is 12.1. The predicted octanol–water partition coefficient (Wildman–Crippen LogP) is 3.40. The van der Waals surface area contributed by atoms with E-state index in [0.29, 0.717) is 5.89 Å². The van der Waals surface area contributed by atoms with Crippen LogP contribution in [0.25, 0.3) is 11.5 Å². The van der Waals surface area contributed by atoms with Crippen LogP contribution in [-0.4, -0.2) is 10.1 Å². The molecule has 2 N–H and O–H groups in total. The van der Waals surface area contributed by atoms with Crippen LogP contribution in [0.5, 0.6) is 0 Å². The molecule has 1 aliphatic rings. The highest BCUT2D eigenvalue weighted by molar-refractivity contribution is 5.53. The molecule has 1 saturated carbocycles. The highest BCUT2D eigenvalue weighted by Gasteiger charge is 2.50. The summed E-state index contributed by atoms with van der Waals surface area (Å²) in [7, 11) is 0. The molecule has 0 saturated heterocycles. The van der Waals surface area contributed by atoms with Crippen LogP contribution >= 0.6 is 0 Å². The van der Waals surface area contributed by atoms with Crippen LogP contribution in [0.3, 0.4) is 0 Å². The smallest absolute Gasteiger partial charge is 0.257 e. The summed E-state index contributed by atoms with van der Waals surface area (Å²) in [5.41, 5.74) is 8.59. The number of hydrogen-bond donors (Lipinski definition) is 1. The molecule has 1 heterocycles. The molecule has 2 aromatic carbocycles. The zero-order valence-electron chi connectivity index (χ0n) is 11.5. The Kier molecular flexibility index (Phi) is 2.57. The summed E-state index contributed by atoms with van der Waals surface area (Å²) in [6.07, 6.45) is 2.09. The SMILES string of the molecule is Nc1ccc(C2(c3noc(-c4ccccc4)n3)CC2)cc1. The summed E-state index contributed by atoms with van der Waals surface area (Å²) in [5, 5.41) is 4.21. The maximum atomic E-state index is 5.76. The first-order valence-electron chi connectivity index (χ1n) is 7.04. The van der Waals surface area contributed by atoms with Crippen molar-refractivity contribution in [1.82, 2.24) is 10.1 Å². The Bertz CT molecular complexity index is 758. The van der Waals surface area contributed by atoms with Gasteiger partial charge in [0.25, 0.3) is 5.89 Å². The fourth-order valence-corrected chi connectivity index (χ4v) is 2.68. The van der Waals surface area contributed by atoms with Crippen molar-refractivity contribution in [2.75, 3.05) is 5.73 Å². The summed E-state index contributed by atoms with van der Waals surface area (Å²) in [6.45, 7) is 0. The molecule has 21 heavy (non-hydrogen) atoms. The van der Waals surface area contributed by atoms with Gasteiger partial charge in [-0.1, -0.05) is 35.5 Å². The van der Waals surface area contributed by atoms with E-state index >= 15 is 0 Å². The predicted molar refractivity (Wildman–Crippen MR) is 80.6 cm³/mol. The number of aromatic nitrogens is 2. The van der Waals surface area contributed by atoms with E-state index in [0.717, 1.165) is 29.9 Å². The van der Waals surface area contributed by atoms with Crippen molar-refractivity contribution in [1.29, 1.82) is 0 Å². The van der Waals surface area contributed by atoms with E-state index in [4.69, 9.17) is 10.3 Å². The van der Waals surface area contributed by atoms with Gasteiger partial charge in [-0.05, 0) is 42.7 Å². The monoisotopic (exact) mass is 277 g/mol. The molecule has 0 unspecified atom stereocenters. The lowest BCUT2D eigenvalue weighted by molar-refractivity contribution is 0.418. The highest BCUT2D eigenvalue weighted by Crippen LogP contribution is 2.52. The normalized spacial score (nSPS) is 15.8. The van der Waals surface area contributed by atoms with Gasteiger partial charge in [0.1, 0.15) is 0 Å². The summed E-state index contributed by atoms with van der Waals surface area (Å²) in [5.74, 6) is 1.35. The van der Waals surface area contributed by atoms with E-state index in [9.17, 15) is 0 Å². The number of hydrogen-bond acceptors (Lipinski definition) is 4. The van der Waals surface area contributed by atoms with Crippen molar-refractivity contribution in [3.05, 3.63) is 66.0 Å². The molecule has 0 aliphatic heterocycles. The van der Waals surface area contributed by atoms with Crippen molar-refractivity contribution in [2.24, 2.45) is 0 Å². The van der Waals surface area contributed by atoms with E-state index in [-0.39, 0.29) is 5.41 Å². The van der Waals surface area contributed by atoms with E-state index in [1.54, 1.807) is 0 Å². The number of nitrogens with two attached hydrogens (primary N) is 1. The van der Waals surface area contributed by atoms with Crippen LogP contribution in [0.2, 0.25) is 0 Å². The Morgan fingerprint density at radius 1 is 0.952 bits per heavy atom. The van der Waals surface area contributed by atoms with Gasteiger partial charge in [-0.3, -0.25) is 0 Å². The van der Waals surface area contributed by atoms with Crippen molar-refractivity contribution in [2.45, 2.75) is 18.3 Å². The Morgan fingerprint density at radius 3 is 2.33 bits per heavy atom. The molecule has 0 radical (unpaired) electrons. The molecule has 4 heteroatoms. The van der Waals surface area contributed by atoms with Crippen LogP contribution < -0.4 is 5.73 Å². The number of rotatable bonds is 3. The van der Waals surface area contributed by atoms with E-state index in [1.807, 2.05) is 42.5 Å². The number of anilines is 1. The van der Waals surface area contributed by atoms with Crippen LogP contribution in [-0.2, 0) is 5.41 Å². The minimum absolute atomic E-state index is 0.0930. The third-order valence-electron chi connectivity index (χ3n) is 4.09. The van der Waals surface area contributed by atoms with Crippen LogP contribution in [0.15, 0.2) is 59.1 Å². The maximum absolute atomic E-state index is 5.76. The Morgan fingerprint density at radius 2 is 1.67 bits per heavy atom. The third-order valence-corrected chi connectivity index (χ3v) is 4.09. The quantitative estimate of drug-likeness (QED) is 0.745. The van der Waals surface area contributed by atoms with Crippen molar-refractivity contribution < 1.29 is 4.52 Å². The third kappa shape index (κ3) is 2.00. The zero-order chi connectivity index (χ0) is 14.3. The van der Waals surface area contributed by atoms with Crippen molar-refractivity contribution >= 4 is 5.69 Å². The molecule has 1 aliphatic carbocycles. The van der Waals surface area contributed by atoms with Gasteiger partial charge in [0, 0.05) is 11.3 Å². The second-order valence-corrected chi connectivity index (χ2v) is 5.49. The second kappa shape index (κ2) is 4.45. The molecule has 1 aromatic heterocycles. The van der Waals surface area contributed by atoms with Crippen LogP contribution in [0.4, 0.5) is 5.69 Å². The molecule has 4 nitrogen and oxygen atoms in total. The van der Waals surface area contributed by atoms with Gasteiger partial charge < -0.3 is 10.3 Å². The standard InChI is InChI=1S/C17H15N3O/c18-14-8-6-13(7-9-14)17(10-11-17)16-19-15(21-20-16)12-4-2-1-3-5-12/h1-9H,10-11,18H2. The first-order chi connectivity index (χ1) is 10.3. The van der Waals surface area contributed by atoms with Gasteiger partial charge in [-0.25, -0.2) is 0 Å². The molecule has 1 fully saturated rings. The van der Waals surface area contributed by atoms with E-state index in [2.05, 4.69) is 22.3 Å². The summed E-state index contributed by atoms with van der Waals surface area (Å²) in [6, 6.07) is 17.8. The molecular formula is C17H15N3O. The maximum Gasteiger partial charge on any atom is 0.257 e. The number of nitrogens with zero attached hydrogens (tertiary/aromatic N) is 2. The zero-order valence-corrected chi connectivity index (χ0v) is 11.5. The largest absolute Gasteiger partial charge is 0.399 e. The molecule has 4 rings (SSSR count). The first-order valence-corrected chi connectivity index (χ1v) is 7.04. The van der Waals surface area contributed by atoms with Crippen molar-refractivity contribution in [3.63, 3.8) is 0 Å². The number of benzene rings is 2. The highest BCUT2D eigenvalue weighted by atomic mass is 16.5. The Hall–Kier alpha value is -2.62. The Balaban J connectivity index is 1.71. The van der Waals surface area contributed by atoms with Gasteiger partial charge in [-0.15, -0.1) is 0 Å². The van der Waals surface area contributed by atoms with Gasteiger partial charge in [0.05, 0.1) is 5.41 Å². The second-order valence-electron chi connectivity index (χ2n) is 5.49. The molecule has 0 amide bonds. The van der Waals surface area contributed by atoms with Gasteiger partial charge >= 0.3 is 0 Å². The van der Waals surface area contributed by atoms with Crippen molar-refractivity contribution in [3.8, 4) is 11.5 Å². The summed E-state index contributed by atoms with van der Waals surface area (Å²) >= 11 is 0.